The zero-order chi connectivity index (χ0) is 12.9. The van der Waals surface area contributed by atoms with Gasteiger partial charge < -0.3 is 11.1 Å². The normalized spacial score (nSPS) is 9.12. The van der Waals surface area contributed by atoms with Crippen LogP contribution in [-0.4, -0.2) is 29.0 Å². The zero-order valence-corrected chi connectivity index (χ0v) is 10.6. The van der Waals surface area contributed by atoms with Gasteiger partial charge in [0.1, 0.15) is 5.82 Å². The number of nitrogens with zero attached hydrogens (tertiary/aromatic N) is 2. The van der Waals surface area contributed by atoms with Crippen LogP contribution < -0.4 is 11.1 Å². The summed E-state index contributed by atoms with van der Waals surface area (Å²) in [5.41, 5.74) is 5.20. The van der Waals surface area contributed by atoms with E-state index in [0.717, 1.165) is 18.7 Å². The molecule has 0 aliphatic carbocycles. The van der Waals surface area contributed by atoms with E-state index in [1.165, 1.54) is 0 Å². The van der Waals surface area contributed by atoms with Crippen molar-refractivity contribution in [1.82, 2.24) is 15.3 Å². The van der Waals surface area contributed by atoms with Gasteiger partial charge in [0.25, 0.3) is 0 Å². The van der Waals surface area contributed by atoms with Crippen molar-refractivity contribution >= 4 is 5.91 Å². The van der Waals surface area contributed by atoms with E-state index in [0.29, 0.717) is 19.5 Å². The first-order valence-corrected chi connectivity index (χ1v) is 5.97. The number of nitrogens with one attached hydrogen (secondary N) is 1. The van der Waals surface area contributed by atoms with E-state index >= 15 is 0 Å². The monoisotopic (exact) mass is 238 g/mol. The van der Waals surface area contributed by atoms with Gasteiger partial charge in [-0.3, -0.25) is 4.79 Å². The van der Waals surface area contributed by atoms with Gasteiger partial charge in [-0.15, -0.1) is 0 Å². The fraction of sp³-hybridized carbons (Fsp3) is 0.583. The Labute approximate surface area is 103 Å². The van der Waals surface area contributed by atoms with Crippen LogP contribution in [0.2, 0.25) is 0 Å². The number of carbonyl (C=O) groups excluding carboxylic acids is 1. The highest BCUT2D eigenvalue weighted by Gasteiger charge is 1.92. The maximum atomic E-state index is 10.5. The molecular formula is C12H22N4O. The smallest absolute Gasteiger partial charge is 0.219 e. The third-order valence-electron chi connectivity index (χ3n) is 1.96. The van der Waals surface area contributed by atoms with Crippen LogP contribution in [0.25, 0.3) is 0 Å². The van der Waals surface area contributed by atoms with E-state index in [2.05, 4.69) is 15.3 Å². The molecule has 1 rings (SSSR count). The van der Waals surface area contributed by atoms with Gasteiger partial charge in [-0.1, -0.05) is 13.8 Å². The molecular weight excluding hydrogens is 216 g/mol. The van der Waals surface area contributed by atoms with Crippen LogP contribution in [0, 0.1) is 0 Å². The summed E-state index contributed by atoms with van der Waals surface area (Å²) in [5.74, 6) is 1.01. The Morgan fingerprint density at radius 3 is 2.41 bits per heavy atom. The van der Waals surface area contributed by atoms with Crippen molar-refractivity contribution in [3.05, 3.63) is 24.3 Å². The predicted octanol–water partition coefficient (Wildman–Crippen LogP) is 0.900. The van der Waals surface area contributed by atoms with Crippen molar-refractivity contribution in [2.45, 2.75) is 33.1 Å². The van der Waals surface area contributed by atoms with Crippen LogP contribution >= 0.6 is 0 Å². The number of rotatable bonds is 5. The molecule has 1 amide bonds. The van der Waals surface area contributed by atoms with E-state index < -0.39 is 0 Å². The Balaban J connectivity index is 0.000000302. The molecule has 96 valence electrons. The molecule has 0 spiro atoms. The fourth-order valence-electron chi connectivity index (χ4n) is 0.967. The van der Waals surface area contributed by atoms with E-state index in [1.54, 1.807) is 12.4 Å². The van der Waals surface area contributed by atoms with E-state index in [4.69, 9.17) is 5.73 Å². The predicted molar refractivity (Wildman–Crippen MR) is 68.4 cm³/mol. The van der Waals surface area contributed by atoms with Gasteiger partial charge in [0, 0.05) is 31.8 Å². The largest absolute Gasteiger partial charge is 0.356 e. The average molecular weight is 238 g/mol. The summed E-state index contributed by atoms with van der Waals surface area (Å²) in [6.07, 6.45) is 5.86. The number of nitrogens with two attached hydrogens (primary N) is 1. The zero-order valence-electron chi connectivity index (χ0n) is 10.6. The second kappa shape index (κ2) is 11.0. The number of hydrogen-bond donors (Lipinski definition) is 2. The van der Waals surface area contributed by atoms with Crippen molar-refractivity contribution in [2.75, 3.05) is 13.1 Å². The van der Waals surface area contributed by atoms with Crippen LogP contribution in [0.1, 0.15) is 32.5 Å². The quantitative estimate of drug-likeness (QED) is 0.747. The Kier molecular flexibility index (Phi) is 10.0. The topological polar surface area (TPSA) is 80.9 Å². The molecule has 1 heterocycles. The Morgan fingerprint density at radius 1 is 1.35 bits per heavy atom. The van der Waals surface area contributed by atoms with E-state index in [1.807, 2.05) is 19.9 Å². The third kappa shape index (κ3) is 9.44. The highest BCUT2D eigenvalue weighted by molar-refractivity contribution is 5.75. The van der Waals surface area contributed by atoms with Crippen LogP contribution in [0.5, 0.6) is 0 Å². The molecule has 5 heteroatoms. The molecule has 1 aromatic heterocycles. The standard InChI is InChI=1S/C6H14N2O.C6H8N2/c1-2-6(9)8-5-3-4-7;1-2-6-7-4-3-5-8-6/h2-5,7H2,1H3,(H,8,9);3-5H,2H2,1H3. The number of carbonyl (C=O) groups is 1. The summed E-state index contributed by atoms with van der Waals surface area (Å²) < 4.78 is 0. The highest BCUT2D eigenvalue weighted by Crippen LogP contribution is 1.85. The van der Waals surface area contributed by atoms with Crippen LogP contribution in [0.4, 0.5) is 0 Å². The number of hydrogen-bond acceptors (Lipinski definition) is 4. The summed E-state index contributed by atoms with van der Waals surface area (Å²) in [7, 11) is 0. The van der Waals surface area contributed by atoms with Gasteiger partial charge in [-0.25, -0.2) is 9.97 Å². The lowest BCUT2D eigenvalue weighted by atomic mass is 10.4. The Morgan fingerprint density at radius 2 is 2.00 bits per heavy atom. The van der Waals surface area contributed by atoms with Gasteiger partial charge >= 0.3 is 0 Å². The summed E-state index contributed by atoms with van der Waals surface area (Å²) in [6.45, 7) is 5.22. The molecule has 0 saturated heterocycles. The fourth-order valence-corrected chi connectivity index (χ4v) is 0.967. The molecule has 0 bridgehead atoms. The van der Waals surface area contributed by atoms with Crippen molar-refractivity contribution in [1.29, 1.82) is 0 Å². The minimum atomic E-state index is 0.100. The second-order valence-corrected chi connectivity index (χ2v) is 3.36. The lowest BCUT2D eigenvalue weighted by Crippen LogP contribution is -2.24. The molecule has 0 unspecified atom stereocenters. The Hall–Kier alpha value is -1.49. The van der Waals surface area contributed by atoms with Gasteiger partial charge in [0.2, 0.25) is 5.91 Å². The van der Waals surface area contributed by atoms with Gasteiger partial charge in [0.15, 0.2) is 0 Å². The molecule has 0 saturated carbocycles. The van der Waals surface area contributed by atoms with Crippen molar-refractivity contribution in [3.63, 3.8) is 0 Å². The Bertz CT molecular complexity index is 290. The van der Waals surface area contributed by atoms with Crippen molar-refractivity contribution in [3.8, 4) is 0 Å². The first kappa shape index (κ1) is 15.5. The molecule has 0 radical (unpaired) electrons. The molecule has 3 N–H and O–H groups in total. The summed E-state index contributed by atoms with van der Waals surface area (Å²) >= 11 is 0. The molecule has 0 fully saturated rings. The van der Waals surface area contributed by atoms with Gasteiger partial charge in [-0.05, 0) is 19.0 Å². The summed E-state index contributed by atoms with van der Waals surface area (Å²) in [6, 6.07) is 1.82. The second-order valence-electron chi connectivity index (χ2n) is 3.36. The van der Waals surface area contributed by atoms with Gasteiger partial charge in [-0.2, -0.15) is 0 Å². The maximum Gasteiger partial charge on any atom is 0.219 e. The lowest BCUT2D eigenvalue weighted by Gasteiger charge is -1.99. The summed E-state index contributed by atoms with van der Waals surface area (Å²) in [4.78, 5) is 18.5. The maximum absolute atomic E-state index is 10.5. The average Bonchev–Trinajstić information content (AvgIpc) is 2.40. The van der Waals surface area contributed by atoms with Crippen molar-refractivity contribution in [2.24, 2.45) is 5.73 Å². The minimum absolute atomic E-state index is 0.100. The first-order chi connectivity index (χ1) is 8.24. The third-order valence-corrected chi connectivity index (χ3v) is 1.96. The lowest BCUT2D eigenvalue weighted by molar-refractivity contribution is -0.120. The molecule has 17 heavy (non-hydrogen) atoms. The highest BCUT2D eigenvalue weighted by atomic mass is 16.1. The SMILES string of the molecule is CCC(=O)NCCCN.CCc1ncccn1. The summed E-state index contributed by atoms with van der Waals surface area (Å²) in [5, 5.41) is 2.71. The molecule has 0 aromatic carbocycles. The molecule has 0 atom stereocenters. The van der Waals surface area contributed by atoms with E-state index in [9.17, 15) is 4.79 Å². The number of aryl methyl sites for hydroxylation is 1. The number of amides is 1. The molecule has 1 aromatic rings. The molecule has 0 aliphatic heterocycles. The minimum Gasteiger partial charge on any atom is -0.356 e. The number of aromatic nitrogens is 2. The molecule has 5 nitrogen and oxygen atoms in total. The van der Waals surface area contributed by atoms with Crippen LogP contribution in [-0.2, 0) is 11.2 Å². The van der Waals surface area contributed by atoms with Crippen LogP contribution in [0.3, 0.4) is 0 Å². The van der Waals surface area contributed by atoms with Gasteiger partial charge in [0.05, 0.1) is 0 Å². The van der Waals surface area contributed by atoms with E-state index in [-0.39, 0.29) is 5.91 Å². The first-order valence-electron chi connectivity index (χ1n) is 5.97. The van der Waals surface area contributed by atoms with Crippen LogP contribution in [0.15, 0.2) is 18.5 Å². The van der Waals surface area contributed by atoms with Crippen molar-refractivity contribution < 1.29 is 4.79 Å². The molecule has 0 aliphatic rings.